The molecular weight excluding hydrogens is 432 g/mol. The van der Waals surface area contributed by atoms with Gasteiger partial charge in [-0.15, -0.1) is 0 Å². The van der Waals surface area contributed by atoms with Gasteiger partial charge in [-0.05, 0) is 37.7 Å². The molecule has 4 rings (SSSR count). The number of benzene rings is 2. The number of methoxy groups -OCH3 is 1. The van der Waals surface area contributed by atoms with Gasteiger partial charge in [-0.2, -0.15) is 0 Å². The largest absolute Gasteiger partial charge is 0.497 e. The minimum Gasteiger partial charge on any atom is -0.497 e. The first kappa shape index (κ1) is 23.6. The van der Waals surface area contributed by atoms with E-state index >= 15 is 0 Å². The van der Waals surface area contributed by atoms with Crippen LogP contribution in [0.3, 0.4) is 0 Å². The van der Waals surface area contributed by atoms with Gasteiger partial charge in [0.05, 0.1) is 12.8 Å². The van der Waals surface area contributed by atoms with Gasteiger partial charge in [-0.3, -0.25) is 4.79 Å². The molecular formula is C25H32N6O3. The summed E-state index contributed by atoms with van der Waals surface area (Å²) in [6.45, 7) is 5.98. The number of aliphatic imine (C=N–C) groups is 1. The minimum absolute atomic E-state index is 0.251. The fourth-order valence-electron chi connectivity index (χ4n) is 4.22. The Hall–Kier alpha value is -3.59. The van der Waals surface area contributed by atoms with E-state index < -0.39 is 12.2 Å². The summed E-state index contributed by atoms with van der Waals surface area (Å²) in [5.41, 5.74) is 2.30. The normalized spacial score (nSPS) is 18.6. The first-order chi connectivity index (χ1) is 16.5. The lowest BCUT2D eigenvalue weighted by Crippen LogP contribution is -2.50. The van der Waals surface area contributed by atoms with Gasteiger partial charge in [-0.1, -0.05) is 25.1 Å². The number of piperazine rings is 1. The third-order valence-corrected chi connectivity index (χ3v) is 6.03. The molecule has 0 aromatic heterocycles. The monoisotopic (exact) mass is 464 g/mol. The fraction of sp³-hybridized carbons (Fsp3) is 0.400. The van der Waals surface area contributed by atoms with Crippen molar-refractivity contribution >= 4 is 29.1 Å². The molecule has 180 valence electrons. The molecule has 2 aromatic rings. The van der Waals surface area contributed by atoms with Crippen molar-refractivity contribution in [3.05, 3.63) is 54.1 Å². The van der Waals surface area contributed by atoms with E-state index in [1.54, 1.807) is 36.3 Å². The molecule has 9 heteroatoms. The predicted octanol–water partition coefficient (Wildman–Crippen LogP) is 2.59. The number of carbonyl (C=O) groups excluding carboxylic acids is 2. The number of nitrogens with one attached hydrogen (secondary N) is 2. The van der Waals surface area contributed by atoms with Crippen LogP contribution in [0.2, 0.25) is 0 Å². The van der Waals surface area contributed by atoms with Crippen LogP contribution in [-0.4, -0.2) is 80.6 Å². The van der Waals surface area contributed by atoms with Gasteiger partial charge in [-0.25, -0.2) is 9.79 Å². The highest BCUT2D eigenvalue weighted by Gasteiger charge is 2.34. The maximum absolute atomic E-state index is 13.6. The number of benzodiazepines with no additional fused rings is 1. The highest BCUT2D eigenvalue weighted by atomic mass is 16.5. The first-order valence-corrected chi connectivity index (χ1v) is 11.6. The molecule has 0 aliphatic carbocycles. The molecule has 1 atom stereocenters. The Morgan fingerprint density at radius 3 is 2.62 bits per heavy atom. The Balaban J connectivity index is 1.65. The lowest BCUT2D eigenvalue weighted by Gasteiger charge is -2.35. The van der Waals surface area contributed by atoms with Crippen molar-refractivity contribution in [3.8, 4) is 5.75 Å². The zero-order valence-corrected chi connectivity index (χ0v) is 20.0. The number of amides is 3. The molecule has 1 saturated heterocycles. The minimum atomic E-state index is -1.04. The Kier molecular flexibility index (Phi) is 7.32. The number of urea groups is 1. The quantitative estimate of drug-likeness (QED) is 0.710. The highest BCUT2D eigenvalue weighted by Crippen LogP contribution is 2.27. The molecule has 0 spiro atoms. The topological polar surface area (TPSA) is 89.5 Å². The van der Waals surface area contributed by atoms with Crippen LogP contribution in [0.4, 0.5) is 16.2 Å². The zero-order chi connectivity index (χ0) is 24.1. The summed E-state index contributed by atoms with van der Waals surface area (Å²) < 4.78 is 5.22. The van der Waals surface area contributed by atoms with E-state index in [9.17, 15) is 9.59 Å². The summed E-state index contributed by atoms with van der Waals surface area (Å²) in [7, 11) is 3.66. The highest BCUT2D eigenvalue weighted by molar-refractivity contribution is 6.12. The summed E-state index contributed by atoms with van der Waals surface area (Å²) >= 11 is 0. The number of para-hydroxylation sites is 1. The summed E-state index contributed by atoms with van der Waals surface area (Å²) in [6, 6.07) is 14.4. The Morgan fingerprint density at radius 2 is 1.88 bits per heavy atom. The van der Waals surface area contributed by atoms with Crippen molar-refractivity contribution in [2.24, 2.45) is 4.99 Å². The van der Waals surface area contributed by atoms with Crippen molar-refractivity contribution in [2.75, 3.05) is 57.1 Å². The van der Waals surface area contributed by atoms with Crippen LogP contribution >= 0.6 is 0 Å². The molecule has 9 nitrogen and oxygen atoms in total. The second kappa shape index (κ2) is 10.6. The first-order valence-electron chi connectivity index (χ1n) is 11.6. The molecule has 34 heavy (non-hydrogen) atoms. The van der Waals surface area contributed by atoms with Crippen LogP contribution < -0.4 is 20.3 Å². The van der Waals surface area contributed by atoms with Crippen molar-refractivity contribution in [1.29, 1.82) is 0 Å². The van der Waals surface area contributed by atoms with Crippen LogP contribution in [0.15, 0.2) is 53.5 Å². The second-order valence-electron chi connectivity index (χ2n) is 8.48. The summed E-state index contributed by atoms with van der Waals surface area (Å²) in [4.78, 5) is 37.5. The third kappa shape index (κ3) is 5.14. The molecule has 3 amide bonds. The maximum Gasteiger partial charge on any atom is 0.321 e. The Morgan fingerprint density at radius 1 is 1.12 bits per heavy atom. The number of carbonyl (C=O) groups is 2. The van der Waals surface area contributed by atoms with Gasteiger partial charge < -0.3 is 30.1 Å². The van der Waals surface area contributed by atoms with Gasteiger partial charge in [0.15, 0.2) is 0 Å². The van der Waals surface area contributed by atoms with Crippen LogP contribution in [-0.2, 0) is 4.79 Å². The lowest BCUT2D eigenvalue weighted by molar-refractivity contribution is -0.120. The van der Waals surface area contributed by atoms with E-state index in [4.69, 9.17) is 9.73 Å². The molecule has 2 aliphatic rings. The molecule has 0 radical (unpaired) electrons. The van der Waals surface area contributed by atoms with E-state index in [1.807, 2.05) is 31.2 Å². The van der Waals surface area contributed by atoms with Gasteiger partial charge in [0.25, 0.3) is 5.91 Å². The number of hydrogen-bond donors (Lipinski definition) is 2. The van der Waals surface area contributed by atoms with E-state index in [1.165, 1.54) is 0 Å². The van der Waals surface area contributed by atoms with Crippen molar-refractivity contribution in [3.63, 3.8) is 0 Å². The van der Waals surface area contributed by atoms with Gasteiger partial charge >= 0.3 is 6.03 Å². The number of rotatable bonds is 5. The van der Waals surface area contributed by atoms with Crippen molar-refractivity contribution in [1.82, 2.24) is 15.1 Å². The average molecular weight is 465 g/mol. The van der Waals surface area contributed by atoms with Crippen LogP contribution in [0.5, 0.6) is 5.75 Å². The van der Waals surface area contributed by atoms with E-state index in [2.05, 4.69) is 27.5 Å². The fourth-order valence-corrected chi connectivity index (χ4v) is 4.22. The molecule has 2 aliphatic heterocycles. The Bertz CT molecular complexity index is 1060. The molecule has 0 saturated carbocycles. The van der Waals surface area contributed by atoms with Gasteiger partial charge in [0.1, 0.15) is 11.6 Å². The molecule has 1 fully saturated rings. The number of amidine groups is 1. The SMILES string of the molecule is CCCN1C(=O)[C@H](NC(=O)Nc2cccc(OC)c2)N=C(N2CCN(C)CC2)c2ccccc21. The summed E-state index contributed by atoms with van der Waals surface area (Å²) in [5, 5.41) is 5.57. The lowest BCUT2D eigenvalue weighted by atomic mass is 10.1. The molecule has 2 heterocycles. The standard InChI is InChI=1S/C25H32N6O3/c1-4-12-31-21-11-6-5-10-20(21)23(30-15-13-29(2)14-16-30)27-22(24(31)32)28-25(33)26-18-8-7-9-19(17-18)34-3/h5-11,17,22H,4,12-16H2,1-3H3,(H2,26,28,33)/t22-/m0/s1. The molecule has 2 aromatic carbocycles. The number of likely N-dealkylation sites (N-methyl/N-ethyl adjacent to an activating group) is 1. The van der Waals surface area contributed by atoms with Crippen LogP contribution in [0.1, 0.15) is 18.9 Å². The van der Waals surface area contributed by atoms with Gasteiger partial charge in [0, 0.05) is 50.0 Å². The number of anilines is 2. The van der Waals surface area contributed by atoms with Gasteiger partial charge in [0.2, 0.25) is 6.17 Å². The number of fused-ring (bicyclic) bond motifs is 1. The summed E-state index contributed by atoms with van der Waals surface area (Å²) in [5.74, 6) is 1.12. The van der Waals surface area contributed by atoms with E-state index in [-0.39, 0.29) is 5.91 Å². The smallest absolute Gasteiger partial charge is 0.321 e. The molecule has 2 N–H and O–H groups in total. The van der Waals surface area contributed by atoms with Crippen molar-refractivity contribution < 1.29 is 14.3 Å². The van der Waals surface area contributed by atoms with Crippen LogP contribution in [0, 0.1) is 0 Å². The van der Waals surface area contributed by atoms with E-state index in [0.29, 0.717) is 18.0 Å². The zero-order valence-electron chi connectivity index (χ0n) is 20.0. The maximum atomic E-state index is 13.6. The second-order valence-corrected chi connectivity index (χ2v) is 8.48. The number of ether oxygens (including phenoxy) is 1. The molecule has 0 unspecified atom stereocenters. The number of hydrogen-bond acceptors (Lipinski definition) is 6. The Labute approximate surface area is 200 Å². The average Bonchev–Trinajstić information content (AvgIpc) is 2.95. The summed E-state index contributed by atoms with van der Waals surface area (Å²) in [6.07, 6.45) is -0.258. The van der Waals surface area contributed by atoms with Crippen LogP contribution in [0.25, 0.3) is 0 Å². The molecule has 0 bridgehead atoms. The van der Waals surface area contributed by atoms with E-state index in [0.717, 1.165) is 49.7 Å². The third-order valence-electron chi connectivity index (χ3n) is 6.03. The van der Waals surface area contributed by atoms with Crippen molar-refractivity contribution in [2.45, 2.75) is 19.5 Å². The predicted molar refractivity (Wildman–Crippen MR) is 134 cm³/mol. The number of nitrogens with zero attached hydrogens (tertiary/aromatic N) is 4.